The fraction of sp³-hybridized carbons (Fsp3) is 0.417. The average molecular weight is 365 g/mol. The average Bonchev–Trinajstić information content (AvgIpc) is 2.48. The first kappa shape index (κ1) is 13.0. The van der Waals surface area contributed by atoms with Crippen LogP contribution < -0.4 is 10.6 Å². The largest absolute Gasteiger partial charge is 0.372 e. The monoisotopic (exact) mass is 364 g/mol. The van der Waals surface area contributed by atoms with Gasteiger partial charge in [-0.1, -0.05) is 11.6 Å². The number of nitrogens with one attached hydrogen (secondary N) is 2. The summed E-state index contributed by atoms with van der Waals surface area (Å²) in [6.45, 7) is 0.775. The molecule has 1 amide bonds. The van der Waals surface area contributed by atoms with E-state index in [4.69, 9.17) is 11.6 Å². The van der Waals surface area contributed by atoms with E-state index < -0.39 is 0 Å². The third-order valence-corrected chi connectivity index (χ3v) is 3.78. The summed E-state index contributed by atoms with van der Waals surface area (Å²) in [6.07, 6.45) is 2.96. The molecule has 1 aliphatic rings. The van der Waals surface area contributed by atoms with E-state index in [0.29, 0.717) is 5.02 Å². The molecule has 0 radical (unpaired) electrons. The van der Waals surface area contributed by atoms with Crippen LogP contribution in [-0.2, 0) is 4.79 Å². The summed E-state index contributed by atoms with van der Waals surface area (Å²) in [5, 5.41) is 6.78. The highest BCUT2D eigenvalue weighted by atomic mass is 127. The molecule has 0 aromatic heterocycles. The van der Waals surface area contributed by atoms with Gasteiger partial charge in [0.1, 0.15) is 6.04 Å². The lowest BCUT2D eigenvalue weighted by molar-refractivity contribution is -0.121. The summed E-state index contributed by atoms with van der Waals surface area (Å²) in [4.78, 5) is 11.8. The van der Waals surface area contributed by atoms with Gasteiger partial charge in [-0.15, -0.1) is 0 Å². The molecule has 17 heavy (non-hydrogen) atoms. The number of carbonyl (C=O) groups excluding carboxylic acids is 1. The molecule has 1 fully saturated rings. The minimum absolute atomic E-state index is 0.0668. The Balaban J connectivity index is 2.10. The molecule has 5 heteroatoms. The van der Waals surface area contributed by atoms with E-state index >= 15 is 0 Å². The third-order valence-electron chi connectivity index (χ3n) is 2.80. The van der Waals surface area contributed by atoms with Crippen molar-refractivity contribution in [3.8, 4) is 0 Å². The van der Waals surface area contributed by atoms with Crippen LogP contribution in [0.1, 0.15) is 19.3 Å². The molecule has 0 bridgehead atoms. The topological polar surface area (TPSA) is 41.1 Å². The molecule has 3 nitrogen and oxygen atoms in total. The summed E-state index contributed by atoms with van der Waals surface area (Å²) in [5.41, 5.74) is 0.828. The van der Waals surface area contributed by atoms with Crippen molar-refractivity contribution >= 4 is 45.8 Å². The summed E-state index contributed by atoms with van der Waals surface area (Å²) >= 11 is 8.35. The van der Waals surface area contributed by atoms with E-state index in [1.807, 2.05) is 18.2 Å². The maximum atomic E-state index is 11.8. The molecule has 0 aliphatic carbocycles. The summed E-state index contributed by atoms with van der Waals surface area (Å²) in [5.74, 6) is 0.0668. The van der Waals surface area contributed by atoms with E-state index in [1.54, 1.807) is 0 Å². The van der Waals surface area contributed by atoms with Crippen LogP contribution >= 0.6 is 34.2 Å². The van der Waals surface area contributed by atoms with Crippen molar-refractivity contribution in [1.82, 2.24) is 5.32 Å². The standard InChI is InChI=1S/C12H14ClIN2O/c13-9-7-8(14)4-5-10(9)16-11-3-1-2-6-15-12(11)17/h4-5,7,11,16H,1-3,6H2,(H,15,17). The van der Waals surface area contributed by atoms with Crippen LogP contribution in [-0.4, -0.2) is 18.5 Å². The van der Waals surface area contributed by atoms with Crippen molar-refractivity contribution < 1.29 is 4.79 Å². The molecular weight excluding hydrogens is 351 g/mol. The number of anilines is 1. The zero-order chi connectivity index (χ0) is 12.3. The Bertz CT molecular complexity index is 425. The molecule has 1 aromatic rings. The number of halogens is 2. The smallest absolute Gasteiger partial charge is 0.242 e. The van der Waals surface area contributed by atoms with Gasteiger partial charge in [-0.25, -0.2) is 0 Å². The summed E-state index contributed by atoms with van der Waals surface area (Å²) in [6, 6.07) is 5.61. The van der Waals surface area contributed by atoms with Gasteiger partial charge in [0.05, 0.1) is 10.7 Å². The maximum absolute atomic E-state index is 11.8. The summed E-state index contributed by atoms with van der Waals surface area (Å²) < 4.78 is 1.09. The van der Waals surface area contributed by atoms with Gasteiger partial charge in [0.25, 0.3) is 0 Å². The Morgan fingerprint density at radius 1 is 1.41 bits per heavy atom. The van der Waals surface area contributed by atoms with E-state index in [-0.39, 0.29) is 11.9 Å². The lowest BCUT2D eigenvalue weighted by Gasteiger charge is -2.17. The van der Waals surface area contributed by atoms with E-state index in [2.05, 4.69) is 33.2 Å². The zero-order valence-electron chi connectivity index (χ0n) is 9.30. The highest BCUT2D eigenvalue weighted by molar-refractivity contribution is 14.1. The lowest BCUT2D eigenvalue weighted by Crippen LogP contribution is -2.37. The van der Waals surface area contributed by atoms with Gasteiger partial charge in [0.2, 0.25) is 5.91 Å². The van der Waals surface area contributed by atoms with Gasteiger partial charge in [0.15, 0.2) is 0 Å². The predicted molar refractivity (Wildman–Crippen MR) is 78.4 cm³/mol. The van der Waals surface area contributed by atoms with Gasteiger partial charge < -0.3 is 10.6 Å². The van der Waals surface area contributed by atoms with Crippen molar-refractivity contribution in [3.05, 3.63) is 26.8 Å². The number of amides is 1. The Morgan fingerprint density at radius 2 is 2.24 bits per heavy atom. The lowest BCUT2D eigenvalue weighted by atomic mass is 10.1. The van der Waals surface area contributed by atoms with E-state index in [9.17, 15) is 4.79 Å². The molecule has 1 atom stereocenters. The second-order valence-electron chi connectivity index (χ2n) is 4.11. The first-order valence-corrected chi connectivity index (χ1v) is 7.12. The predicted octanol–water partition coefficient (Wildman–Crippen LogP) is 3.03. The normalized spacial score (nSPS) is 20.6. The van der Waals surface area contributed by atoms with Crippen LogP contribution in [0.4, 0.5) is 5.69 Å². The molecule has 1 aliphatic heterocycles. The van der Waals surface area contributed by atoms with Crippen LogP contribution in [0.2, 0.25) is 5.02 Å². The SMILES string of the molecule is O=C1NCCCCC1Nc1ccc(I)cc1Cl. The van der Waals surface area contributed by atoms with Gasteiger partial charge in [-0.3, -0.25) is 4.79 Å². The number of carbonyl (C=O) groups is 1. The molecule has 1 heterocycles. The third kappa shape index (κ3) is 3.48. The quantitative estimate of drug-likeness (QED) is 0.792. The second kappa shape index (κ2) is 5.91. The van der Waals surface area contributed by atoms with Crippen LogP contribution in [0.5, 0.6) is 0 Å². The van der Waals surface area contributed by atoms with E-state index in [1.165, 1.54) is 0 Å². The van der Waals surface area contributed by atoms with Gasteiger partial charge in [-0.2, -0.15) is 0 Å². The number of hydrogen-bond donors (Lipinski definition) is 2. The molecule has 2 N–H and O–H groups in total. The molecule has 0 spiro atoms. The fourth-order valence-electron chi connectivity index (χ4n) is 1.87. The molecule has 1 aromatic carbocycles. The van der Waals surface area contributed by atoms with Gasteiger partial charge in [0, 0.05) is 10.1 Å². The molecule has 92 valence electrons. The van der Waals surface area contributed by atoms with Crippen molar-refractivity contribution in [1.29, 1.82) is 0 Å². The minimum Gasteiger partial charge on any atom is -0.372 e. The van der Waals surface area contributed by atoms with Crippen molar-refractivity contribution in [3.63, 3.8) is 0 Å². The van der Waals surface area contributed by atoms with Crippen LogP contribution in [0.15, 0.2) is 18.2 Å². The van der Waals surface area contributed by atoms with Crippen LogP contribution in [0, 0.1) is 3.57 Å². The Kier molecular flexibility index (Phi) is 4.50. The molecular formula is C12H14ClIN2O. The first-order chi connectivity index (χ1) is 8.16. The Morgan fingerprint density at radius 3 is 3.00 bits per heavy atom. The zero-order valence-corrected chi connectivity index (χ0v) is 12.2. The molecule has 0 saturated carbocycles. The summed E-state index contributed by atoms with van der Waals surface area (Å²) in [7, 11) is 0. The van der Waals surface area contributed by atoms with Gasteiger partial charge >= 0.3 is 0 Å². The minimum atomic E-state index is -0.171. The maximum Gasteiger partial charge on any atom is 0.242 e. The van der Waals surface area contributed by atoms with Crippen molar-refractivity contribution in [2.75, 3.05) is 11.9 Å². The highest BCUT2D eigenvalue weighted by Crippen LogP contribution is 2.25. The van der Waals surface area contributed by atoms with Crippen LogP contribution in [0.3, 0.4) is 0 Å². The Hall–Kier alpha value is -0.490. The fourth-order valence-corrected chi connectivity index (χ4v) is 2.78. The Labute approximate surface area is 119 Å². The molecule has 1 saturated heterocycles. The molecule has 2 rings (SSSR count). The first-order valence-electron chi connectivity index (χ1n) is 5.66. The van der Waals surface area contributed by atoms with Gasteiger partial charge in [-0.05, 0) is 60.1 Å². The van der Waals surface area contributed by atoms with Crippen molar-refractivity contribution in [2.45, 2.75) is 25.3 Å². The number of benzene rings is 1. The van der Waals surface area contributed by atoms with Crippen LogP contribution in [0.25, 0.3) is 0 Å². The number of hydrogen-bond acceptors (Lipinski definition) is 2. The van der Waals surface area contributed by atoms with E-state index in [0.717, 1.165) is 35.1 Å². The highest BCUT2D eigenvalue weighted by Gasteiger charge is 2.20. The number of rotatable bonds is 2. The van der Waals surface area contributed by atoms with Crippen molar-refractivity contribution in [2.24, 2.45) is 0 Å². The second-order valence-corrected chi connectivity index (χ2v) is 5.76. The molecule has 1 unspecified atom stereocenters.